The molecule has 0 radical (unpaired) electrons. The highest BCUT2D eigenvalue weighted by molar-refractivity contribution is 6.50. The number of nitrogens with zero attached hydrogens (tertiary/aromatic N) is 1. The summed E-state index contributed by atoms with van der Waals surface area (Å²) in [5.74, 6) is 0.461. The van der Waals surface area contributed by atoms with Crippen LogP contribution in [-0.4, -0.2) is 42.5 Å². The van der Waals surface area contributed by atoms with Crippen molar-refractivity contribution in [2.45, 2.75) is 17.7 Å². The van der Waals surface area contributed by atoms with Crippen molar-refractivity contribution in [2.24, 2.45) is 5.92 Å². The molecule has 0 spiro atoms. The molecule has 0 aliphatic heterocycles. The maximum Gasteiger partial charge on any atom is 0.122 e. The van der Waals surface area contributed by atoms with E-state index >= 15 is 0 Å². The molecule has 0 aromatic rings. The van der Waals surface area contributed by atoms with Gasteiger partial charge in [-0.3, -0.25) is 0 Å². The van der Waals surface area contributed by atoms with Crippen LogP contribution in [-0.2, 0) is 0 Å². The van der Waals surface area contributed by atoms with E-state index in [1.165, 1.54) is 0 Å². The maximum absolute atomic E-state index is 5.89. The molecule has 1 atom stereocenters. The number of alkyl halides is 2. The predicted octanol–water partition coefficient (Wildman–Crippen LogP) is 1.72. The number of hydrogen-bond donors (Lipinski definition) is 1. The van der Waals surface area contributed by atoms with E-state index in [0.717, 1.165) is 32.6 Å². The number of halogens is 2. The molecular formula is C9H18Cl2N2. The van der Waals surface area contributed by atoms with Gasteiger partial charge in [0.05, 0.1) is 0 Å². The Kier molecular flexibility index (Phi) is 4.30. The van der Waals surface area contributed by atoms with Crippen molar-refractivity contribution in [3.05, 3.63) is 0 Å². The van der Waals surface area contributed by atoms with Gasteiger partial charge in [-0.1, -0.05) is 6.92 Å². The predicted molar refractivity (Wildman–Crippen MR) is 58.6 cm³/mol. The fourth-order valence-electron chi connectivity index (χ4n) is 1.20. The van der Waals surface area contributed by atoms with Crippen LogP contribution in [0.15, 0.2) is 0 Å². The highest BCUT2D eigenvalue weighted by atomic mass is 35.5. The minimum atomic E-state index is -0.427. The summed E-state index contributed by atoms with van der Waals surface area (Å²) in [7, 11) is 2.12. The Morgan fingerprint density at radius 2 is 2.15 bits per heavy atom. The normalized spacial score (nSPS) is 25.2. The minimum absolute atomic E-state index is 0.427. The van der Waals surface area contributed by atoms with E-state index in [1.54, 1.807) is 0 Å². The van der Waals surface area contributed by atoms with Gasteiger partial charge in [-0.2, -0.15) is 0 Å². The molecule has 1 rings (SSSR count). The van der Waals surface area contributed by atoms with Crippen LogP contribution in [0.1, 0.15) is 13.3 Å². The van der Waals surface area contributed by atoms with Gasteiger partial charge in [-0.05, 0) is 20.0 Å². The topological polar surface area (TPSA) is 15.3 Å². The van der Waals surface area contributed by atoms with Gasteiger partial charge in [0.2, 0.25) is 0 Å². The second kappa shape index (κ2) is 4.83. The van der Waals surface area contributed by atoms with Gasteiger partial charge >= 0.3 is 0 Å². The quantitative estimate of drug-likeness (QED) is 0.547. The SMILES string of the molecule is CCN(C)CCNCC1CC1(Cl)Cl. The summed E-state index contributed by atoms with van der Waals surface area (Å²) in [6, 6.07) is 0. The van der Waals surface area contributed by atoms with Crippen LogP contribution in [0.3, 0.4) is 0 Å². The van der Waals surface area contributed by atoms with E-state index in [9.17, 15) is 0 Å². The van der Waals surface area contributed by atoms with Crippen molar-refractivity contribution in [3.8, 4) is 0 Å². The Bertz CT molecular complexity index is 162. The smallest absolute Gasteiger partial charge is 0.122 e. The first-order valence-corrected chi connectivity index (χ1v) is 5.59. The molecular weight excluding hydrogens is 207 g/mol. The van der Waals surface area contributed by atoms with E-state index in [1.807, 2.05) is 0 Å². The third-order valence-electron chi connectivity index (χ3n) is 2.56. The highest BCUT2D eigenvalue weighted by Crippen LogP contribution is 2.52. The van der Waals surface area contributed by atoms with Crippen LogP contribution in [0.4, 0.5) is 0 Å². The van der Waals surface area contributed by atoms with Crippen LogP contribution >= 0.6 is 23.2 Å². The minimum Gasteiger partial charge on any atom is -0.315 e. The zero-order chi connectivity index (χ0) is 9.90. The maximum atomic E-state index is 5.89. The van der Waals surface area contributed by atoms with Crippen molar-refractivity contribution in [2.75, 3.05) is 33.2 Å². The third-order valence-corrected chi connectivity index (χ3v) is 3.48. The van der Waals surface area contributed by atoms with Crippen molar-refractivity contribution < 1.29 is 0 Å². The lowest BCUT2D eigenvalue weighted by atomic mass is 10.4. The molecule has 1 N–H and O–H groups in total. The molecule has 1 fully saturated rings. The average Bonchev–Trinajstić information content (AvgIpc) is 2.67. The van der Waals surface area contributed by atoms with Crippen molar-refractivity contribution in [1.82, 2.24) is 10.2 Å². The Hall–Kier alpha value is 0.500. The van der Waals surface area contributed by atoms with E-state index in [4.69, 9.17) is 23.2 Å². The summed E-state index contributed by atoms with van der Waals surface area (Å²) in [5.41, 5.74) is 0. The van der Waals surface area contributed by atoms with Gasteiger partial charge in [0.15, 0.2) is 0 Å². The van der Waals surface area contributed by atoms with Gasteiger partial charge in [-0.25, -0.2) is 0 Å². The molecule has 1 aliphatic carbocycles. The summed E-state index contributed by atoms with van der Waals surface area (Å²) < 4.78 is -0.427. The second-order valence-electron chi connectivity index (χ2n) is 3.76. The van der Waals surface area contributed by atoms with E-state index in [-0.39, 0.29) is 0 Å². The van der Waals surface area contributed by atoms with Crippen LogP contribution < -0.4 is 5.32 Å². The van der Waals surface area contributed by atoms with Gasteiger partial charge < -0.3 is 10.2 Å². The van der Waals surface area contributed by atoms with Crippen molar-refractivity contribution in [3.63, 3.8) is 0 Å². The Balaban J connectivity index is 1.91. The van der Waals surface area contributed by atoms with Gasteiger partial charge in [0, 0.05) is 25.6 Å². The molecule has 0 aromatic carbocycles. The standard InChI is InChI=1S/C9H18Cl2N2/c1-3-13(2)5-4-12-7-8-6-9(8,10)11/h8,12H,3-7H2,1-2H3. The average molecular weight is 225 g/mol. The molecule has 78 valence electrons. The summed E-state index contributed by atoms with van der Waals surface area (Å²) in [4.78, 5) is 2.27. The molecule has 1 aliphatic rings. The monoisotopic (exact) mass is 224 g/mol. The summed E-state index contributed by atoms with van der Waals surface area (Å²) >= 11 is 11.8. The third kappa shape index (κ3) is 4.03. The highest BCUT2D eigenvalue weighted by Gasteiger charge is 2.50. The Morgan fingerprint density at radius 1 is 1.54 bits per heavy atom. The fraction of sp³-hybridized carbons (Fsp3) is 1.00. The molecule has 2 nitrogen and oxygen atoms in total. The van der Waals surface area contributed by atoms with Gasteiger partial charge in [0.1, 0.15) is 4.33 Å². The van der Waals surface area contributed by atoms with Crippen LogP contribution in [0.2, 0.25) is 0 Å². The van der Waals surface area contributed by atoms with E-state index in [0.29, 0.717) is 5.92 Å². The molecule has 0 heterocycles. The second-order valence-corrected chi connectivity index (χ2v) is 5.30. The largest absolute Gasteiger partial charge is 0.315 e. The number of nitrogens with one attached hydrogen (secondary N) is 1. The van der Waals surface area contributed by atoms with Gasteiger partial charge in [-0.15, -0.1) is 23.2 Å². The zero-order valence-electron chi connectivity index (χ0n) is 8.32. The molecule has 4 heteroatoms. The number of hydrogen-bond acceptors (Lipinski definition) is 2. The first-order chi connectivity index (χ1) is 6.06. The molecule has 1 saturated carbocycles. The Labute approximate surface area is 90.6 Å². The summed E-state index contributed by atoms with van der Waals surface area (Å²) in [5, 5.41) is 3.36. The van der Waals surface area contributed by atoms with Crippen molar-refractivity contribution >= 4 is 23.2 Å². The van der Waals surface area contributed by atoms with Crippen LogP contribution in [0, 0.1) is 5.92 Å². The molecule has 0 aromatic heterocycles. The Morgan fingerprint density at radius 3 is 2.62 bits per heavy atom. The van der Waals surface area contributed by atoms with Crippen LogP contribution in [0.25, 0.3) is 0 Å². The summed E-state index contributed by atoms with van der Waals surface area (Å²) in [6.45, 7) is 6.31. The van der Waals surface area contributed by atoms with Gasteiger partial charge in [0.25, 0.3) is 0 Å². The van der Waals surface area contributed by atoms with E-state index in [2.05, 4.69) is 24.2 Å². The summed E-state index contributed by atoms with van der Waals surface area (Å²) in [6.07, 6.45) is 0.937. The van der Waals surface area contributed by atoms with Crippen LogP contribution in [0.5, 0.6) is 0 Å². The molecule has 0 bridgehead atoms. The first-order valence-electron chi connectivity index (χ1n) is 4.83. The van der Waals surface area contributed by atoms with Crippen molar-refractivity contribution in [1.29, 1.82) is 0 Å². The molecule has 13 heavy (non-hydrogen) atoms. The number of rotatable bonds is 6. The molecule has 0 amide bonds. The van der Waals surface area contributed by atoms with E-state index < -0.39 is 4.33 Å². The lowest BCUT2D eigenvalue weighted by Gasteiger charge is -2.13. The lowest BCUT2D eigenvalue weighted by Crippen LogP contribution is -2.30. The fourth-order valence-corrected chi connectivity index (χ4v) is 1.72. The lowest BCUT2D eigenvalue weighted by molar-refractivity contribution is 0.348. The number of likely N-dealkylation sites (N-methyl/N-ethyl adjacent to an activating group) is 1. The molecule has 0 saturated heterocycles. The first kappa shape index (κ1) is 11.6. The molecule has 1 unspecified atom stereocenters. The zero-order valence-corrected chi connectivity index (χ0v) is 9.83.